The molecule has 2 nitrogen and oxygen atoms in total. The number of aromatic hydroxyl groups is 1. The SMILES string of the molecule is CC(C)CC(C)N(C)C1CCc2cc(O)ccc21. The zero-order valence-electron chi connectivity index (χ0n) is 12.0. The van der Waals surface area contributed by atoms with Gasteiger partial charge in [-0.15, -0.1) is 0 Å². The Kier molecular flexibility index (Phi) is 3.96. The van der Waals surface area contributed by atoms with Crippen molar-refractivity contribution >= 4 is 0 Å². The molecule has 1 aromatic rings. The molecule has 1 N–H and O–H groups in total. The molecular formula is C16H25NO. The Balaban J connectivity index is 2.13. The molecule has 0 spiro atoms. The predicted molar refractivity (Wildman–Crippen MR) is 75.8 cm³/mol. The lowest BCUT2D eigenvalue weighted by Crippen LogP contribution is -2.33. The van der Waals surface area contributed by atoms with Crippen molar-refractivity contribution in [1.82, 2.24) is 4.90 Å². The molecule has 2 heteroatoms. The largest absolute Gasteiger partial charge is 0.508 e. The summed E-state index contributed by atoms with van der Waals surface area (Å²) >= 11 is 0. The van der Waals surface area contributed by atoms with Crippen LogP contribution >= 0.6 is 0 Å². The third-order valence-electron chi connectivity index (χ3n) is 4.17. The maximum atomic E-state index is 9.54. The van der Waals surface area contributed by atoms with Gasteiger partial charge in [0.25, 0.3) is 0 Å². The second-order valence-electron chi connectivity index (χ2n) is 6.08. The van der Waals surface area contributed by atoms with E-state index < -0.39 is 0 Å². The van der Waals surface area contributed by atoms with Crippen molar-refractivity contribution in [3.8, 4) is 5.75 Å². The van der Waals surface area contributed by atoms with Crippen LogP contribution in [0.4, 0.5) is 0 Å². The molecule has 0 aliphatic heterocycles. The Morgan fingerprint density at radius 1 is 1.33 bits per heavy atom. The summed E-state index contributed by atoms with van der Waals surface area (Å²) < 4.78 is 0. The minimum Gasteiger partial charge on any atom is -0.508 e. The second-order valence-corrected chi connectivity index (χ2v) is 6.08. The fraction of sp³-hybridized carbons (Fsp3) is 0.625. The first-order chi connectivity index (χ1) is 8.49. The lowest BCUT2D eigenvalue weighted by atomic mass is 10.0. The summed E-state index contributed by atoms with van der Waals surface area (Å²) in [4.78, 5) is 2.50. The fourth-order valence-corrected chi connectivity index (χ4v) is 3.16. The van der Waals surface area contributed by atoms with Crippen LogP contribution in [0.15, 0.2) is 18.2 Å². The number of fused-ring (bicyclic) bond motifs is 1. The van der Waals surface area contributed by atoms with E-state index in [-0.39, 0.29) is 0 Å². The van der Waals surface area contributed by atoms with Crippen LogP contribution in [0.3, 0.4) is 0 Å². The molecule has 2 rings (SSSR count). The Morgan fingerprint density at radius 2 is 2.06 bits per heavy atom. The highest BCUT2D eigenvalue weighted by atomic mass is 16.3. The van der Waals surface area contributed by atoms with Gasteiger partial charge in [-0.1, -0.05) is 19.9 Å². The van der Waals surface area contributed by atoms with Crippen LogP contribution in [0, 0.1) is 5.92 Å². The molecule has 0 amide bonds. The molecule has 0 fully saturated rings. The van der Waals surface area contributed by atoms with Gasteiger partial charge in [-0.3, -0.25) is 4.90 Å². The fourth-order valence-electron chi connectivity index (χ4n) is 3.16. The molecule has 1 aliphatic rings. The first kappa shape index (κ1) is 13.4. The van der Waals surface area contributed by atoms with Crippen molar-refractivity contribution < 1.29 is 5.11 Å². The molecule has 1 aromatic carbocycles. The summed E-state index contributed by atoms with van der Waals surface area (Å²) in [6.45, 7) is 6.88. The van der Waals surface area contributed by atoms with Crippen molar-refractivity contribution in [3.63, 3.8) is 0 Å². The standard InChI is InChI=1S/C16H25NO/c1-11(2)9-12(3)17(4)16-8-5-13-10-14(18)6-7-15(13)16/h6-7,10-12,16,18H,5,8-9H2,1-4H3. The van der Waals surface area contributed by atoms with Crippen molar-refractivity contribution in [3.05, 3.63) is 29.3 Å². The van der Waals surface area contributed by atoms with Crippen molar-refractivity contribution in [1.29, 1.82) is 0 Å². The molecule has 2 unspecified atom stereocenters. The van der Waals surface area contributed by atoms with Crippen LogP contribution < -0.4 is 0 Å². The number of rotatable bonds is 4. The maximum absolute atomic E-state index is 9.54. The van der Waals surface area contributed by atoms with Gasteiger partial charge in [0, 0.05) is 12.1 Å². The van der Waals surface area contributed by atoms with E-state index in [9.17, 15) is 5.11 Å². The summed E-state index contributed by atoms with van der Waals surface area (Å²) in [6.07, 6.45) is 3.51. The van der Waals surface area contributed by atoms with Gasteiger partial charge >= 0.3 is 0 Å². The van der Waals surface area contributed by atoms with Gasteiger partial charge < -0.3 is 5.11 Å². The summed E-state index contributed by atoms with van der Waals surface area (Å²) in [7, 11) is 2.24. The summed E-state index contributed by atoms with van der Waals surface area (Å²) in [5.41, 5.74) is 2.73. The molecule has 0 saturated heterocycles. The quantitative estimate of drug-likeness (QED) is 0.876. The lowest BCUT2D eigenvalue weighted by molar-refractivity contribution is 0.164. The second kappa shape index (κ2) is 5.31. The molecule has 0 heterocycles. The van der Waals surface area contributed by atoms with E-state index >= 15 is 0 Å². The van der Waals surface area contributed by atoms with Gasteiger partial charge in [0.15, 0.2) is 0 Å². The van der Waals surface area contributed by atoms with E-state index in [0.717, 1.165) is 12.3 Å². The smallest absolute Gasteiger partial charge is 0.115 e. The van der Waals surface area contributed by atoms with Gasteiger partial charge in [0.1, 0.15) is 5.75 Å². The van der Waals surface area contributed by atoms with Gasteiger partial charge in [0.2, 0.25) is 0 Å². The van der Waals surface area contributed by atoms with E-state index in [4.69, 9.17) is 0 Å². The van der Waals surface area contributed by atoms with Crippen LogP contribution in [-0.2, 0) is 6.42 Å². The van der Waals surface area contributed by atoms with E-state index in [0.29, 0.717) is 17.8 Å². The molecule has 2 atom stereocenters. The third-order valence-corrected chi connectivity index (χ3v) is 4.17. The number of aryl methyl sites for hydroxylation is 1. The monoisotopic (exact) mass is 247 g/mol. The Bertz CT molecular complexity index is 414. The van der Waals surface area contributed by atoms with Gasteiger partial charge in [-0.2, -0.15) is 0 Å². The van der Waals surface area contributed by atoms with Crippen LogP contribution in [0.5, 0.6) is 5.75 Å². The normalized spacial score (nSPS) is 20.4. The van der Waals surface area contributed by atoms with E-state index in [1.165, 1.54) is 24.0 Å². The molecular weight excluding hydrogens is 222 g/mol. The van der Waals surface area contributed by atoms with E-state index in [1.807, 2.05) is 12.1 Å². The number of phenols is 1. The van der Waals surface area contributed by atoms with Gasteiger partial charge in [-0.25, -0.2) is 0 Å². The average molecular weight is 247 g/mol. The van der Waals surface area contributed by atoms with Crippen LogP contribution in [-0.4, -0.2) is 23.1 Å². The number of phenolic OH excluding ortho intramolecular Hbond substituents is 1. The van der Waals surface area contributed by atoms with E-state index in [1.54, 1.807) is 0 Å². The summed E-state index contributed by atoms with van der Waals surface area (Å²) in [5.74, 6) is 1.13. The van der Waals surface area contributed by atoms with Gasteiger partial charge in [-0.05, 0) is 62.4 Å². The number of benzene rings is 1. The first-order valence-electron chi connectivity index (χ1n) is 7.02. The molecule has 0 aromatic heterocycles. The molecule has 1 aliphatic carbocycles. The summed E-state index contributed by atoms with van der Waals surface area (Å²) in [6, 6.07) is 6.97. The zero-order valence-corrected chi connectivity index (χ0v) is 12.0. The molecule has 0 radical (unpaired) electrons. The third kappa shape index (κ3) is 2.69. The van der Waals surface area contributed by atoms with Crippen LogP contribution in [0.2, 0.25) is 0 Å². The Labute approximate surface area is 111 Å². The maximum Gasteiger partial charge on any atom is 0.115 e. The molecule has 0 saturated carbocycles. The minimum atomic E-state index is 0.396. The van der Waals surface area contributed by atoms with E-state index in [2.05, 4.69) is 38.8 Å². The van der Waals surface area contributed by atoms with Crippen molar-refractivity contribution in [2.45, 2.75) is 52.1 Å². The minimum absolute atomic E-state index is 0.396. The molecule has 100 valence electrons. The first-order valence-corrected chi connectivity index (χ1v) is 7.02. The number of hydrogen-bond acceptors (Lipinski definition) is 2. The molecule has 18 heavy (non-hydrogen) atoms. The Hall–Kier alpha value is -1.02. The zero-order chi connectivity index (χ0) is 13.3. The highest BCUT2D eigenvalue weighted by Crippen LogP contribution is 2.38. The highest BCUT2D eigenvalue weighted by molar-refractivity contribution is 5.40. The highest BCUT2D eigenvalue weighted by Gasteiger charge is 2.28. The van der Waals surface area contributed by atoms with Crippen LogP contribution in [0.25, 0.3) is 0 Å². The van der Waals surface area contributed by atoms with Crippen LogP contribution in [0.1, 0.15) is 50.8 Å². The van der Waals surface area contributed by atoms with Crippen molar-refractivity contribution in [2.24, 2.45) is 5.92 Å². The summed E-state index contributed by atoms with van der Waals surface area (Å²) in [5, 5.41) is 9.54. The van der Waals surface area contributed by atoms with Gasteiger partial charge in [0.05, 0.1) is 0 Å². The lowest BCUT2D eigenvalue weighted by Gasteiger charge is -2.32. The number of nitrogens with zero attached hydrogens (tertiary/aromatic N) is 1. The average Bonchev–Trinajstić information content (AvgIpc) is 2.69. The topological polar surface area (TPSA) is 23.5 Å². The predicted octanol–water partition coefficient (Wildman–Crippen LogP) is 3.75. The Morgan fingerprint density at radius 3 is 2.72 bits per heavy atom. The van der Waals surface area contributed by atoms with Crippen molar-refractivity contribution in [2.75, 3.05) is 7.05 Å². The molecule has 0 bridgehead atoms. The number of hydrogen-bond donors (Lipinski definition) is 1.